The van der Waals surface area contributed by atoms with Crippen LogP contribution in [-0.2, 0) is 33.6 Å². The van der Waals surface area contributed by atoms with Crippen molar-refractivity contribution < 1.29 is 54.0 Å². The Hall–Kier alpha value is -3.89. The SMILES string of the molecule is O=C([O-])CN(CCN(CC(=O)[O-])CC(=O)O)CCN(CC(=O)[O-])CC(=O)NCCN1C(=O)C=CC1=O. The molecule has 0 saturated carbocycles. The third kappa shape index (κ3) is 12.5. The van der Waals surface area contributed by atoms with Crippen LogP contribution in [0.25, 0.3) is 0 Å². The van der Waals surface area contributed by atoms with Gasteiger partial charge in [0.1, 0.15) is 0 Å². The van der Waals surface area contributed by atoms with Gasteiger partial charge in [-0.25, -0.2) is 0 Å². The molecular formula is C20H26N5O11-3. The van der Waals surface area contributed by atoms with E-state index in [-0.39, 0.29) is 39.3 Å². The van der Waals surface area contributed by atoms with Crippen LogP contribution in [0, 0.1) is 0 Å². The first-order valence-corrected chi connectivity index (χ1v) is 10.7. The van der Waals surface area contributed by atoms with Gasteiger partial charge in [0, 0.05) is 71.1 Å². The molecule has 1 aliphatic heterocycles. The number of carboxylic acids is 4. The van der Waals surface area contributed by atoms with Crippen molar-refractivity contribution in [2.24, 2.45) is 0 Å². The maximum Gasteiger partial charge on any atom is 0.317 e. The summed E-state index contributed by atoms with van der Waals surface area (Å²) in [5, 5.41) is 44.3. The van der Waals surface area contributed by atoms with Gasteiger partial charge < -0.3 is 40.1 Å². The topological polar surface area (TPSA) is 234 Å². The number of rotatable bonds is 19. The molecule has 16 nitrogen and oxygen atoms in total. The molecule has 3 amide bonds. The van der Waals surface area contributed by atoms with Crippen molar-refractivity contribution in [1.29, 1.82) is 0 Å². The smallest absolute Gasteiger partial charge is 0.317 e. The monoisotopic (exact) mass is 512 g/mol. The lowest BCUT2D eigenvalue weighted by Gasteiger charge is -2.30. The van der Waals surface area contributed by atoms with E-state index >= 15 is 0 Å². The van der Waals surface area contributed by atoms with E-state index in [9.17, 15) is 48.9 Å². The lowest BCUT2D eigenvalue weighted by molar-refractivity contribution is -0.308. The van der Waals surface area contributed by atoms with E-state index in [1.807, 2.05) is 0 Å². The second-order valence-electron chi connectivity index (χ2n) is 7.72. The minimum atomic E-state index is -1.52. The van der Waals surface area contributed by atoms with Gasteiger partial charge in [-0.1, -0.05) is 0 Å². The summed E-state index contributed by atoms with van der Waals surface area (Å²) in [5.41, 5.74) is 0. The summed E-state index contributed by atoms with van der Waals surface area (Å²) in [6.07, 6.45) is 2.17. The van der Waals surface area contributed by atoms with Gasteiger partial charge in [-0.15, -0.1) is 0 Å². The van der Waals surface area contributed by atoms with E-state index in [0.717, 1.165) is 26.9 Å². The molecular weight excluding hydrogens is 486 g/mol. The highest BCUT2D eigenvalue weighted by Gasteiger charge is 2.23. The van der Waals surface area contributed by atoms with E-state index < -0.39 is 74.3 Å². The van der Waals surface area contributed by atoms with E-state index in [0.29, 0.717) is 0 Å². The number of carbonyl (C=O) groups excluding carboxylic acids is 6. The fourth-order valence-electron chi connectivity index (χ4n) is 3.22. The summed E-state index contributed by atoms with van der Waals surface area (Å²) in [6, 6.07) is 0. The van der Waals surface area contributed by atoms with Crippen molar-refractivity contribution in [2.45, 2.75) is 0 Å². The molecule has 2 N–H and O–H groups in total. The Bertz CT molecular complexity index is 857. The molecule has 0 saturated heterocycles. The van der Waals surface area contributed by atoms with Crippen molar-refractivity contribution in [2.75, 3.05) is 72.0 Å². The molecule has 0 atom stereocenters. The first-order valence-electron chi connectivity index (χ1n) is 10.7. The molecule has 0 aliphatic carbocycles. The Morgan fingerprint density at radius 2 is 1.14 bits per heavy atom. The zero-order valence-corrected chi connectivity index (χ0v) is 19.3. The molecule has 36 heavy (non-hydrogen) atoms. The number of nitrogens with one attached hydrogen (secondary N) is 1. The third-order valence-electron chi connectivity index (χ3n) is 4.81. The Morgan fingerprint density at radius 3 is 1.58 bits per heavy atom. The summed E-state index contributed by atoms with van der Waals surface area (Å²) in [7, 11) is 0. The zero-order chi connectivity index (χ0) is 27.3. The number of aliphatic carboxylic acids is 4. The standard InChI is InChI=1S/C20H29N5O11/c26-14(21-3-4-25-15(27)1-2-16(25)28)9-23(11-18(31)32)7-5-22(10-17(29)30)6-8-24(12-19(33)34)13-20(35)36/h1-2H,3-13H2,(H,21,26)(H,29,30)(H,31,32)(H,33,34)(H,35,36)/p-3. The maximum atomic E-state index is 12.2. The largest absolute Gasteiger partial charge is 0.549 e. The van der Waals surface area contributed by atoms with Gasteiger partial charge in [0.05, 0.1) is 31.0 Å². The second-order valence-corrected chi connectivity index (χ2v) is 7.72. The number of carboxylic acid groups (broad SMARTS) is 4. The highest BCUT2D eigenvalue weighted by Crippen LogP contribution is 2.02. The molecule has 0 fully saturated rings. The lowest BCUT2D eigenvalue weighted by Crippen LogP contribution is -2.50. The van der Waals surface area contributed by atoms with Crippen LogP contribution < -0.4 is 20.6 Å². The highest BCUT2D eigenvalue weighted by atomic mass is 16.4. The van der Waals surface area contributed by atoms with Crippen LogP contribution in [0.15, 0.2) is 12.2 Å². The number of hydrogen-bond donors (Lipinski definition) is 2. The molecule has 1 heterocycles. The Morgan fingerprint density at radius 1 is 0.722 bits per heavy atom. The molecule has 0 spiro atoms. The molecule has 200 valence electrons. The van der Waals surface area contributed by atoms with Crippen molar-refractivity contribution in [3.8, 4) is 0 Å². The van der Waals surface area contributed by atoms with Crippen molar-refractivity contribution >= 4 is 41.6 Å². The summed E-state index contributed by atoms with van der Waals surface area (Å²) in [5.74, 6) is -7.49. The molecule has 1 aliphatic rings. The third-order valence-corrected chi connectivity index (χ3v) is 4.81. The molecule has 0 aromatic rings. The normalized spacial score (nSPS) is 13.1. The van der Waals surface area contributed by atoms with Gasteiger partial charge in [-0.3, -0.25) is 38.8 Å². The first kappa shape index (κ1) is 30.1. The van der Waals surface area contributed by atoms with Crippen molar-refractivity contribution in [3.05, 3.63) is 12.2 Å². The van der Waals surface area contributed by atoms with Crippen LogP contribution in [0.3, 0.4) is 0 Å². The number of nitrogens with zero attached hydrogens (tertiary/aromatic N) is 4. The van der Waals surface area contributed by atoms with E-state index in [4.69, 9.17) is 5.11 Å². The van der Waals surface area contributed by atoms with Gasteiger partial charge in [0.2, 0.25) is 5.91 Å². The van der Waals surface area contributed by atoms with Crippen molar-refractivity contribution in [1.82, 2.24) is 24.9 Å². The average molecular weight is 512 g/mol. The average Bonchev–Trinajstić information content (AvgIpc) is 3.05. The van der Waals surface area contributed by atoms with Crippen molar-refractivity contribution in [3.63, 3.8) is 0 Å². The highest BCUT2D eigenvalue weighted by molar-refractivity contribution is 6.12. The number of hydrogen-bond acceptors (Lipinski definition) is 13. The molecule has 0 radical (unpaired) electrons. The van der Waals surface area contributed by atoms with Crippen LogP contribution in [0.1, 0.15) is 0 Å². The summed E-state index contributed by atoms with van der Waals surface area (Å²) in [4.78, 5) is 83.4. The fraction of sp³-hybridized carbons (Fsp3) is 0.550. The van der Waals surface area contributed by atoms with Gasteiger partial charge >= 0.3 is 5.97 Å². The number of carbonyl (C=O) groups is 7. The molecule has 0 aromatic carbocycles. The minimum absolute atomic E-state index is 0.0776. The van der Waals surface area contributed by atoms with Gasteiger partial charge in [-0.2, -0.15) is 0 Å². The predicted octanol–water partition coefficient (Wildman–Crippen LogP) is -7.73. The summed E-state index contributed by atoms with van der Waals surface area (Å²) < 4.78 is 0. The van der Waals surface area contributed by atoms with E-state index in [1.165, 1.54) is 4.90 Å². The Labute approximate surface area is 205 Å². The van der Waals surface area contributed by atoms with Crippen LogP contribution in [0.5, 0.6) is 0 Å². The molecule has 0 unspecified atom stereocenters. The van der Waals surface area contributed by atoms with E-state index in [1.54, 1.807) is 0 Å². The lowest BCUT2D eigenvalue weighted by atomic mass is 10.3. The van der Waals surface area contributed by atoms with Crippen LogP contribution >= 0.6 is 0 Å². The fourth-order valence-corrected chi connectivity index (χ4v) is 3.22. The zero-order valence-electron chi connectivity index (χ0n) is 19.3. The minimum Gasteiger partial charge on any atom is -0.549 e. The molecule has 16 heteroatoms. The molecule has 0 aromatic heterocycles. The Balaban J connectivity index is 2.64. The Kier molecular flexibility index (Phi) is 12.7. The van der Waals surface area contributed by atoms with Crippen LogP contribution in [0.2, 0.25) is 0 Å². The quantitative estimate of drug-likeness (QED) is 0.153. The molecule has 1 rings (SSSR count). The first-order chi connectivity index (χ1) is 16.9. The number of imide groups is 1. The van der Waals surface area contributed by atoms with Gasteiger partial charge in [0.25, 0.3) is 11.8 Å². The van der Waals surface area contributed by atoms with Crippen LogP contribution in [0.4, 0.5) is 0 Å². The predicted molar refractivity (Wildman–Crippen MR) is 111 cm³/mol. The number of amides is 3. The van der Waals surface area contributed by atoms with Gasteiger partial charge in [0.15, 0.2) is 0 Å². The van der Waals surface area contributed by atoms with E-state index in [2.05, 4.69) is 5.32 Å². The van der Waals surface area contributed by atoms with Gasteiger partial charge in [-0.05, 0) is 0 Å². The maximum absolute atomic E-state index is 12.2. The summed E-state index contributed by atoms with van der Waals surface area (Å²) in [6.45, 7) is -3.70. The second kappa shape index (κ2) is 15.2. The van der Waals surface area contributed by atoms with Crippen LogP contribution in [-0.4, -0.2) is 138 Å². The molecule has 0 bridgehead atoms. The summed E-state index contributed by atoms with van der Waals surface area (Å²) >= 11 is 0.